The zero-order valence-corrected chi connectivity index (χ0v) is 25.1. The van der Waals surface area contributed by atoms with E-state index in [0.717, 1.165) is 27.1 Å². The van der Waals surface area contributed by atoms with Crippen LogP contribution < -0.4 is 9.62 Å². The smallest absolute Gasteiger partial charge is 0.264 e. The average Bonchev–Trinajstić information content (AvgIpc) is 3.02. The van der Waals surface area contributed by atoms with Crippen molar-refractivity contribution in [2.24, 2.45) is 0 Å². The number of anilines is 1. The van der Waals surface area contributed by atoms with Crippen molar-refractivity contribution in [1.29, 1.82) is 0 Å². The fourth-order valence-electron chi connectivity index (χ4n) is 4.70. The molecule has 7 nitrogen and oxygen atoms in total. The zero-order valence-electron chi connectivity index (χ0n) is 24.3. The highest BCUT2D eigenvalue weighted by molar-refractivity contribution is 7.92. The number of sulfonamides is 1. The quantitative estimate of drug-likeness (QED) is 0.219. The number of halogens is 1. The lowest BCUT2D eigenvalue weighted by atomic mass is 10.0. The van der Waals surface area contributed by atoms with Gasteiger partial charge < -0.3 is 10.2 Å². The average molecular weight is 602 g/mol. The Balaban J connectivity index is 1.79. The third kappa shape index (κ3) is 8.08. The Morgan fingerprint density at radius 2 is 1.42 bits per heavy atom. The molecule has 224 valence electrons. The molecule has 0 heterocycles. The molecule has 0 aliphatic heterocycles. The first-order chi connectivity index (χ1) is 20.7. The molecule has 2 amide bonds. The van der Waals surface area contributed by atoms with E-state index in [2.05, 4.69) is 5.32 Å². The monoisotopic (exact) mass is 601 g/mol. The van der Waals surface area contributed by atoms with E-state index < -0.39 is 34.3 Å². The maximum absolute atomic E-state index is 15.1. The van der Waals surface area contributed by atoms with E-state index in [4.69, 9.17) is 0 Å². The first-order valence-electron chi connectivity index (χ1n) is 14.2. The van der Waals surface area contributed by atoms with Gasteiger partial charge in [0, 0.05) is 19.5 Å². The minimum absolute atomic E-state index is 0.0483. The van der Waals surface area contributed by atoms with E-state index in [1.54, 1.807) is 18.2 Å². The van der Waals surface area contributed by atoms with Gasteiger partial charge in [0.05, 0.1) is 10.6 Å². The number of nitrogens with zero attached hydrogens (tertiary/aromatic N) is 2. The Labute approximate surface area is 253 Å². The maximum Gasteiger partial charge on any atom is 0.264 e. The second-order valence-electron chi connectivity index (χ2n) is 10.3. The Hall–Kier alpha value is -4.50. The van der Waals surface area contributed by atoms with Crippen LogP contribution in [0.5, 0.6) is 0 Å². The number of carbonyl (C=O) groups is 2. The molecular formula is C34H36FN3O4S. The normalized spacial score (nSPS) is 11.9. The highest BCUT2D eigenvalue weighted by Crippen LogP contribution is 2.27. The van der Waals surface area contributed by atoms with Crippen LogP contribution in [0.3, 0.4) is 0 Å². The standard InChI is InChI=1S/C34H36FN3O4S/c1-3-22-36-34(40)32(23-27-12-6-4-7-13-27)37(24-28-20-18-26(2)19-21-28)33(39)25-38(31-17-11-10-16-30(31)35)43(41,42)29-14-8-5-9-15-29/h4-21,32H,3,22-25H2,1-2H3,(H,36,40). The molecule has 0 saturated carbocycles. The van der Waals surface area contributed by atoms with Gasteiger partial charge in [0.25, 0.3) is 10.0 Å². The maximum atomic E-state index is 15.1. The van der Waals surface area contributed by atoms with E-state index >= 15 is 4.39 Å². The van der Waals surface area contributed by atoms with Crippen LogP contribution in [0, 0.1) is 12.7 Å². The summed E-state index contributed by atoms with van der Waals surface area (Å²) in [5, 5.41) is 2.91. The molecule has 1 N–H and O–H groups in total. The number of aryl methyl sites for hydroxylation is 1. The largest absolute Gasteiger partial charge is 0.354 e. The molecule has 43 heavy (non-hydrogen) atoms. The van der Waals surface area contributed by atoms with E-state index in [1.807, 2.05) is 68.4 Å². The molecule has 0 aromatic heterocycles. The molecule has 0 fully saturated rings. The van der Waals surface area contributed by atoms with E-state index in [1.165, 1.54) is 35.2 Å². The summed E-state index contributed by atoms with van der Waals surface area (Å²) in [6.07, 6.45) is 0.908. The summed E-state index contributed by atoms with van der Waals surface area (Å²) < 4.78 is 43.7. The minimum atomic E-state index is -4.36. The van der Waals surface area contributed by atoms with Crippen LogP contribution in [0.25, 0.3) is 0 Å². The van der Waals surface area contributed by atoms with Gasteiger partial charge in [0.2, 0.25) is 11.8 Å². The van der Waals surface area contributed by atoms with Crippen molar-refractivity contribution in [2.75, 3.05) is 17.4 Å². The molecule has 0 bridgehead atoms. The molecule has 0 aliphatic rings. The molecule has 9 heteroatoms. The molecule has 4 rings (SSSR count). The number of carbonyl (C=O) groups excluding carboxylic acids is 2. The lowest BCUT2D eigenvalue weighted by molar-refractivity contribution is -0.140. The third-order valence-electron chi connectivity index (χ3n) is 7.03. The molecule has 1 unspecified atom stereocenters. The van der Waals surface area contributed by atoms with E-state index in [0.29, 0.717) is 13.0 Å². The Kier molecular flexibility index (Phi) is 10.7. The lowest BCUT2D eigenvalue weighted by Crippen LogP contribution is -2.53. The molecule has 0 saturated heterocycles. The predicted molar refractivity (Wildman–Crippen MR) is 166 cm³/mol. The number of rotatable bonds is 13. The Bertz CT molecular complexity index is 1610. The van der Waals surface area contributed by atoms with Gasteiger partial charge in [0.1, 0.15) is 18.4 Å². The first kappa shape index (κ1) is 31.4. The molecule has 0 radical (unpaired) electrons. The van der Waals surface area contributed by atoms with Gasteiger partial charge in [-0.2, -0.15) is 0 Å². The van der Waals surface area contributed by atoms with Crippen LogP contribution in [-0.4, -0.2) is 44.3 Å². The van der Waals surface area contributed by atoms with Crippen molar-refractivity contribution < 1.29 is 22.4 Å². The van der Waals surface area contributed by atoms with Crippen LogP contribution in [0.15, 0.2) is 114 Å². The van der Waals surface area contributed by atoms with Gasteiger partial charge in [-0.1, -0.05) is 97.4 Å². The number of para-hydroxylation sites is 1. The third-order valence-corrected chi connectivity index (χ3v) is 8.80. The molecule has 0 spiro atoms. The number of amides is 2. The predicted octanol–water partition coefficient (Wildman–Crippen LogP) is 5.50. The minimum Gasteiger partial charge on any atom is -0.354 e. The van der Waals surface area contributed by atoms with Crippen LogP contribution in [0.1, 0.15) is 30.0 Å². The molecule has 4 aromatic carbocycles. The molecule has 4 aromatic rings. The fourth-order valence-corrected chi connectivity index (χ4v) is 6.14. The van der Waals surface area contributed by atoms with E-state index in [-0.39, 0.29) is 29.5 Å². The highest BCUT2D eigenvalue weighted by atomic mass is 32.2. The van der Waals surface area contributed by atoms with Gasteiger partial charge >= 0.3 is 0 Å². The summed E-state index contributed by atoms with van der Waals surface area (Å²) in [6, 6.07) is 29.0. The first-order valence-corrected chi connectivity index (χ1v) is 15.6. The summed E-state index contributed by atoms with van der Waals surface area (Å²) in [5.74, 6) is -1.79. The van der Waals surface area contributed by atoms with Crippen molar-refractivity contribution in [2.45, 2.75) is 44.2 Å². The Morgan fingerprint density at radius 1 is 0.814 bits per heavy atom. The number of benzene rings is 4. The summed E-state index contributed by atoms with van der Waals surface area (Å²) in [5.41, 5.74) is 2.38. The fraction of sp³-hybridized carbons (Fsp3) is 0.235. The second-order valence-corrected chi connectivity index (χ2v) is 12.1. The van der Waals surface area contributed by atoms with Crippen molar-refractivity contribution in [3.8, 4) is 0 Å². The van der Waals surface area contributed by atoms with Crippen molar-refractivity contribution >= 4 is 27.5 Å². The molecule has 1 atom stereocenters. The van der Waals surface area contributed by atoms with Gasteiger partial charge in [-0.15, -0.1) is 0 Å². The summed E-state index contributed by atoms with van der Waals surface area (Å²) in [6.45, 7) is 3.63. The van der Waals surface area contributed by atoms with Crippen molar-refractivity contribution in [3.05, 3.63) is 132 Å². The van der Waals surface area contributed by atoms with Crippen LogP contribution >= 0.6 is 0 Å². The summed E-state index contributed by atoms with van der Waals surface area (Å²) >= 11 is 0. The van der Waals surface area contributed by atoms with Crippen molar-refractivity contribution in [3.63, 3.8) is 0 Å². The van der Waals surface area contributed by atoms with Crippen molar-refractivity contribution in [1.82, 2.24) is 10.2 Å². The zero-order chi connectivity index (χ0) is 30.8. The van der Waals surface area contributed by atoms with Gasteiger partial charge in [-0.05, 0) is 48.7 Å². The second kappa shape index (κ2) is 14.6. The summed E-state index contributed by atoms with van der Waals surface area (Å²) in [7, 11) is -4.36. The van der Waals surface area contributed by atoms with E-state index in [9.17, 15) is 18.0 Å². The van der Waals surface area contributed by atoms with Gasteiger partial charge in [-0.3, -0.25) is 13.9 Å². The van der Waals surface area contributed by atoms with Gasteiger partial charge in [0.15, 0.2) is 0 Å². The Morgan fingerprint density at radius 3 is 2.05 bits per heavy atom. The topological polar surface area (TPSA) is 86.8 Å². The summed E-state index contributed by atoms with van der Waals surface area (Å²) in [4.78, 5) is 29.3. The SMILES string of the molecule is CCCNC(=O)C(Cc1ccccc1)N(Cc1ccc(C)cc1)C(=O)CN(c1ccccc1F)S(=O)(=O)c1ccccc1. The lowest BCUT2D eigenvalue weighted by Gasteiger charge is -2.34. The van der Waals surface area contributed by atoms with Crippen LogP contribution in [0.2, 0.25) is 0 Å². The molecule has 0 aliphatic carbocycles. The van der Waals surface area contributed by atoms with Crippen LogP contribution in [0.4, 0.5) is 10.1 Å². The highest BCUT2D eigenvalue weighted by Gasteiger charge is 2.35. The van der Waals surface area contributed by atoms with Gasteiger partial charge in [-0.25, -0.2) is 12.8 Å². The molecular weight excluding hydrogens is 565 g/mol. The number of nitrogens with one attached hydrogen (secondary N) is 1. The van der Waals surface area contributed by atoms with Crippen LogP contribution in [-0.2, 0) is 32.6 Å². The number of hydrogen-bond donors (Lipinski definition) is 1. The number of hydrogen-bond acceptors (Lipinski definition) is 4.